The minimum Gasteiger partial charge on any atom is -0.146 e. The molecule has 2 rings (SSSR count). The van der Waals surface area contributed by atoms with Crippen LogP contribution in [0.2, 0.25) is 11.6 Å². The lowest BCUT2D eigenvalue weighted by atomic mass is 10.1. The highest BCUT2D eigenvalue weighted by molar-refractivity contribution is 7.46. The van der Waals surface area contributed by atoms with Gasteiger partial charge in [0, 0.05) is 0 Å². The van der Waals surface area contributed by atoms with E-state index in [0.29, 0.717) is 17.4 Å². The van der Waals surface area contributed by atoms with Gasteiger partial charge in [-0.25, -0.2) is 0 Å². The van der Waals surface area contributed by atoms with Crippen LogP contribution in [0.3, 0.4) is 0 Å². The molecule has 2 aliphatic carbocycles. The number of halogens is 2. The van der Waals surface area contributed by atoms with Gasteiger partial charge in [-0.3, -0.25) is 0 Å². The summed E-state index contributed by atoms with van der Waals surface area (Å²) in [6, 6.07) is 1.05. The highest BCUT2D eigenvalue weighted by Crippen LogP contribution is 2.55. The number of hydrogen-bond acceptors (Lipinski definition) is 0. The second-order valence-electron chi connectivity index (χ2n) is 5.25. The summed E-state index contributed by atoms with van der Waals surface area (Å²) in [5.41, 5.74) is 0.628. The molecule has 0 aromatic heterocycles. The fourth-order valence-corrected chi connectivity index (χ4v) is 9.23. The maximum atomic E-state index is 6.60. The SMILES string of the molecule is CC(C)C[Si](Cl)(Cl)C1CC2C=CC1C2. The first-order valence-electron chi connectivity index (χ1n) is 5.55. The molecule has 80 valence electrons. The summed E-state index contributed by atoms with van der Waals surface area (Å²) in [7, 11) is 0. The molecule has 0 aliphatic heterocycles. The van der Waals surface area contributed by atoms with Crippen molar-refractivity contribution in [2.75, 3.05) is 0 Å². The summed E-state index contributed by atoms with van der Waals surface area (Å²) >= 11 is 13.2. The van der Waals surface area contributed by atoms with Crippen molar-refractivity contribution in [1.82, 2.24) is 0 Å². The summed E-state index contributed by atoms with van der Waals surface area (Å²) in [4.78, 5) is 0. The molecule has 0 aromatic carbocycles. The van der Waals surface area contributed by atoms with Crippen molar-refractivity contribution >= 4 is 28.9 Å². The Morgan fingerprint density at radius 3 is 2.43 bits per heavy atom. The van der Waals surface area contributed by atoms with E-state index in [9.17, 15) is 0 Å². The number of hydrogen-bond donors (Lipinski definition) is 0. The number of fused-ring (bicyclic) bond motifs is 2. The summed E-state index contributed by atoms with van der Waals surface area (Å²) in [5.74, 6) is 2.14. The van der Waals surface area contributed by atoms with Crippen molar-refractivity contribution < 1.29 is 0 Å². The van der Waals surface area contributed by atoms with Crippen LogP contribution in [-0.2, 0) is 0 Å². The van der Waals surface area contributed by atoms with Crippen molar-refractivity contribution in [2.24, 2.45) is 17.8 Å². The van der Waals surface area contributed by atoms with Crippen LogP contribution in [0.5, 0.6) is 0 Å². The largest absolute Gasteiger partial charge is 0.255 e. The molecule has 0 amide bonds. The van der Waals surface area contributed by atoms with Gasteiger partial charge in [-0.05, 0) is 42.2 Å². The molecule has 14 heavy (non-hydrogen) atoms. The fraction of sp³-hybridized carbons (Fsp3) is 0.818. The minimum atomic E-state index is -1.99. The second kappa shape index (κ2) is 3.84. The second-order valence-corrected chi connectivity index (χ2v) is 12.5. The Balaban J connectivity index is 2.04. The van der Waals surface area contributed by atoms with Crippen LogP contribution in [0.15, 0.2) is 12.2 Å². The lowest BCUT2D eigenvalue weighted by Gasteiger charge is -2.30. The van der Waals surface area contributed by atoms with E-state index in [4.69, 9.17) is 22.2 Å². The monoisotopic (exact) mass is 248 g/mol. The molecule has 1 fully saturated rings. The maximum Gasteiger partial charge on any atom is 0.255 e. The molecule has 0 spiro atoms. The predicted octanol–water partition coefficient (Wildman–Crippen LogP) is 4.53. The third-order valence-corrected chi connectivity index (χ3v) is 9.22. The van der Waals surface area contributed by atoms with Crippen LogP contribution in [0.1, 0.15) is 26.7 Å². The molecule has 3 heteroatoms. The highest BCUT2D eigenvalue weighted by atomic mass is 35.7. The standard InChI is InChI=1S/C11H18Cl2Si/c1-8(2)7-14(12,13)11-6-9-3-4-10(11)5-9/h3-4,8-11H,5-7H2,1-2H3. The third-order valence-electron chi connectivity index (χ3n) is 3.50. The Labute approximate surface area is 97.1 Å². The summed E-state index contributed by atoms with van der Waals surface area (Å²) < 4.78 is 0. The van der Waals surface area contributed by atoms with Crippen LogP contribution < -0.4 is 0 Å². The predicted molar refractivity (Wildman–Crippen MR) is 66.2 cm³/mol. The first-order valence-corrected chi connectivity index (χ1v) is 9.86. The topological polar surface area (TPSA) is 0 Å². The molecule has 2 bridgehead atoms. The molecule has 0 aromatic rings. The van der Waals surface area contributed by atoms with Crippen molar-refractivity contribution in [3.63, 3.8) is 0 Å². The Morgan fingerprint density at radius 1 is 1.29 bits per heavy atom. The van der Waals surface area contributed by atoms with E-state index < -0.39 is 6.69 Å². The lowest BCUT2D eigenvalue weighted by molar-refractivity contribution is 0.658. The van der Waals surface area contributed by atoms with E-state index in [1.54, 1.807) is 0 Å². The van der Waals surface area contributed by atoms with Gasteiger partial charge >= 0.3 is 0 Å². The Hall–Kier alpha value is 0.537. The van der Waals surface area contributed by atoms with Gasteiger partial charge in [0.1, 0.15) is 0 Å². The van der Waals surface area contributed by atoms with E-state index in [2.05, 4.69) is 26.0 Å². The Bertz CT molecular complexity index is 248. The number of rotatable bonds is 3. The van der Waals surface area contributed by atoms with Crippen molar-refractivity contribution in [3.8, 4) is 0 Å². The van der Waals surface area contributed by atoms with E-state index in [-0.39, 0.29) is 0 Å². The van der Waals surface area contributed by atoms with Gasteiger partial charge in [-0.1, -0.05) is 26.0 Å². The van der Waals surface area contributed by atoms with Crippen molar-refractivity contribution in [1.29, 1.82) is 0 Å². The number of allylic oxidation sites excluding steroid dienone is 2. The summed E-state index contributed by atoms with van der Waals surface area (Å²) in [6.07, 6.45) is 7.28. The summed E-state index contributed by atoms with van der Waals surface area (Å²) in [6.45, 7) is 2.44. The van der Waals surface area contributed by atoms with Crippen molar-refractivity contribution in [2.45, 2.75) is 38.3 Å². The van der Waals surface area contributed by atoms with E-state index in [1.165, 1.54) is 12.8 Å². The van der Waals surface area contributed by atoms with Crippen LogP contribution in [0, 0.1) is 17.8 Å². The van der Waals surface area contributed by atoms with Gasteiger partial charge in [-0.2, -0.15) is 0 Å². The Morgan fingerprint density at radius 2 is 2.00 bits per heavy atom. The van der Waals surface area contributed by atoms with Crippen LogP contribution in [0.25, 0.3) is 0 Å². The molecule has 3 unspecified atom stereocenters. The van der Waals surface area contributed by atoms with Crippen LogP contribution in [0.4, 0.5) is 0 Å². The molecule has 2 aliphatic rings. The van der Waals surface area contributed by atoms with Crippen molar-refractivity contribution in [3.05, 3.63) is 12.2 Å². The third kappa shape index (κ3) is 2.05. The zero-order chi connectivity index (χ0) is 10.3. The molecule has 0 nitrogen and oxygen atoms in total. The van der Waals surface area contributed by atoms with Crippen LogP contribution >= 0.6 is 22.2 Å². The van der Waals surface area contributed by atoms with Gasteiger partial charge in [0.25, 0.3) is 6.69 Å². The van der Waals surface area contributed by atoms with Gasteiger partial charge in [0.2, 0.25) is 0 Å². The van der Waals surface area contributed by atoms with Crippen LogP contribution in [-0.4, -0.2) is 6.69 Å². The zero-order valence-electron chi connectivity index (χ0n) is 8.84. The molecule has 1 saturated carbocycles. The van der Waals surface area contributed by atoms with E-state index >= 15 is 0 Å². The average Bonchev–Trinajstić information content (AvgIpc) is 2.60. The lowest BCUT2D eigenvalue weighted by Crippen LogP contribution is -2.31. The molecule has 3 atom stereocenters. The van der Waals surface area contributed by atoms with E-state index in [1.807, 2.05) is 0 Å². The van der Waals surface area contributed by atoms with Gasteiger partial charge < -0.3 is 0 Å². The summed E-state index contributed by atoms with van der Waals surface area (Å²) in [5, 5.41) is 0. The molecule has 0 radical (unpaired) electrons. The first kappa shape index (κ1) is 11.0. The first-order chi connectivity index (χ1) is 6.49. The molecular weight excluding hydrogens is 231 g/mol. The maximum absolute atomic E-state index is 6.60. The highest BCUT2D eigenvalue weighted by Gasteiger charge is 2.49. The van der Waals surface area contributed by atoms with Gasteiger partial charge in [-0.15, -0.1) is 22.2 Å². The quantitative estimate of drug-likeness (QED) is 0.391. The van der Waals surface area contributed by atoms with E-state index in [0.717, 1.165) is 12.0 Å². The Kier molecular flexibility index (Phi) is 3.03. The molecular formula is C11H18Cl2Si. The smallest absolute Gasteiger partial charge is 0.146 e. The molecule has 0 N–H and O–H groups in total. The average molecular weight is 249 g/mol. The zero-order valence-corrected chi connectivity index (χ0v) is 11.4. The van der Waals surface area contributed by atoms with Gasteiger partial charge in [0.05, 0.1) is 0 Å². The minimum absolute atomic E-state index is 0.628. The van der Waals surface area contributed by atoms with Gasteiger partial charge in [0.15, 0.2) is 0 Å². The fourth-order valence-electron chi connectivity index (χ4n) is 2.96. The molecule has 0 heterocycles. The normalized spacial score (nSPS) is 35.9. The molecule has 0 saturated heterocycles.